The molecule has 0 aliphatic rings. The van der Waals surface area contributed by atoms with Crippen LogP contribution >= 0.6 is 24.0 Å². The first-order chi connectivity index (χ1) is 10.0. The van der Waals surface area contributed by atoms with Crippen LogP contribution in [0.5, 0.6) is 0 Å². The molecule has 0 aliphatic carbocycles. The molecule has 0 spiro atoms. The zero-order valence-electron chi connectivity index (χ0n) is 11.9. The number of halogens is 1. The largest absolute Gasteiger partial charge is 0.389 e. The summed E-state index contributed by atoms with van der Waals surface area (Å²) in [7, 11) is 0. The van der Waals surface area contributed by atoms with Crippen molar-refractivity contribution in [3.05, 3.63) is 53.3 Å². The highest BCUT2D eigenvalue weighted by molar-refractivity contribution is 7.99. The summed E-state index contributed by atoms with van der Waals surface area (Å²) in [6.45, 7) is 3.93. The molecule has 110 valence electrons. The predicted octanol–water partition coefficient (Wildman–Crippen LogP) is 4.62. The highest BCUT2D eigenvalue weighted by Crippen LogP contribution is 2.30. The average molecular weight is 320 g/mol. The highest BCUT2D eigenvalue weighted by Gasteiger charge is 2.11. The Morgan fingerprint density at radius 2 is 2.10 bits per heavy atom. The molecule has 21 heavy (non-hydrogen) atoms. The number of aryl methyl sites for hydroxylation is 1. The van der Waals surface area contributed by atoms with Crippen LogP contribution < -0.4 is 11.1 Å². The Balaban J connectivity index is 2.43. The summed E-state index contributed by atoms with van der Waals surface area (Å²) >= 11 is 6.85. The van der Waals surface area contributed by atoms with Gasteiger partial charge < -0.3 is 11.1 Å². The van der Waals surface area contributed by atoms with Crippen LogP contribution in [0.25, 0.3) is 0 Å². The van der Waals surface area contributed by atoms with E-state index in [0.29, 0.717) is 10.7 Å². The van der Waals surface area contributed by atoms with E-state index in [2.05, 4.69) is 12.2 Å². The summed E-state index contributed by atoms with van der Waals surface area (Å²) in [6.07, 6.45) is 0. The van der Waals surface area contributed by atoms with E-state index in [0.717, 1.165) is 27.5 Å². The molecule has 0 aliphatic heterocycles. The first-order valence-corrected chi connectivity index (χ1v) is 8.00. The molecular weight excluding hydrogens is 303 g/mol. The Bertz CT molecular complexity index is 651. The summed E-state index contributed by atoms with van der Waals surface area (Å²) in [4.78, 5) is 1.37. The van der Waals surface area contributed by atoms with Gasteiger partial charge in [0.15, 0.2) is 0 Å². The molecule has 0 saturated carbocycles. The van der Waals surface area contributed by atoms with Crippen LogP contribution in [-0.4, -0.2) is 10.7 Å². The number of nitrogens with one attached hydrogen (secondary N) is 1. The van der Waals surface area contributed by atoms with E-state index in [-0.39, 0.29) is 5.82 Å². The Kier molecular flexibility index (Phi) is 5.20. The van der Waals surface area contributed by atoms with Gasteiger partial charge in [-0.05, 0) is 48.6 Å². The zero-order chi connectivity index (χ0) is 15.4. The second-order valence-corrected chi connectivity index (χ2v) is 6.36. The minimum Gasteiger partial charge on any atom is -0.389 e. The summed E-state index contributed by atoms with van der Waals surface area (Å²) in [5, 5.41) is 3.21. The van der Waals surface area contributed by atoms with Crippen molar-refractivity contribution < 1.29 is 4.39 Å². The fraction of sp³-hybridized carbons (Fsp3) is 0.188. The summed E-state index contributed by atoms with van der Waals surface area (Å²) in [6, 6.07) is 10.7. The van der Waals surface area contributed by atoms with E-state index in [4.69, 9.17) is 18.0 Å². The van der Waals surface area contributed by atoms with Gasteiger partial charge in [0.25, 0.3) is 0 Å². The molecule has 0 atom stereocenters. The van der Waals surface area contributed by atoms with E-state index < -0.39 is 0 Å². The van der Waals surface area contributed by atoms with Crippen molar-refractivity contribution in [2.75, 3.05) is 11.1 Å². The van der Waals surface area contributed by atoms with Gasteiger partial charge in [0.1, 0.15) is 10.8 Å². The van der Waals surface area contributed by atoms with Gasteiger partial charge >= 0.3 is 0 Å². The number of rotatable bonds is 5. The summed E-state index contributed by atoms with van der Waals surface area (Å²) in [5.74, 6) is 0.659. The first kappa shape index (κ1) is 15.8. The molecule has 0 saturated heterocycles. The topological polar surface area (TPSA) is 38.0 Å². The first-order valence-electron chi connectivity index (χ1n) is 6.61. The van der Waals surface area contributed by atoms with Crippen LogP contribution in [0.15, 0.2) is 41.3 Å². The molecule has 0 heterocycles. The molecule has 0 fully saturated rings. The van der Waals surface area contributed by atoms with E-state index >= 15 is 0 Å². The SMILES string of the molecule is CCSc1cccc(Nc2cc(C)cc(F)c2)c1C(N)=S. The Morgan fingerprint density at radius 3 is 2.71 bits per heavy atom. The molecule has 2 nitrogen and oxygen atoms in total. The standard InChI is InChI=1S/C16H17FN2S2/c1-3-21-14-6-4-5-13(15(14)16(18)20)19-12-8-10(2)7-11(17)9-12/h4-9,19H,3H2,1-2H3,(H2,18,20). The normalized spacial score (nSPS) is 10.4. The van der Waals surface area contributed by atoms with E-state index in [1.165, 1.54) is 12.1 Å². The van der Waals surface area contributed by atoms with Crippen LogP contribution in [0.4, 0.5) is 15.8 Å². The average Bonchev–Trinajstić information content (AvgIpc) is 2.37. The van der Waals surface area contributed by atoms with Crippen molar-refractivity contribution in [2.45, 2.75) is 18.7 Å². The molecule has 3 N–H and O–H groups in total. The Hall–Kier alpha value is -1.59. The van der Waals surface area contributed by atoms with E-state index in [1.807, 2.05) is 31.2 Å². The smallest absolute Gasteiger partial charge is 0.125 e. The third-order valence-corrected chi connectivity index (χ3v) is 4.04. The second kappa shape index (κ2) is 6.91. The lowest BCUT2D eigenvalue weighted by Crippen LogP contribution is -2.13. The monoisotopic (exact) mass is 320 g/mol. The molecule has 0 unspecified atom stereocenters. The van der Waals surface area contributed by atoms with Crippen molar-refractivity contribution in [1.29, 1.82) is 0 Å². The lowest BCUT2D eigenvalue weighted by atomic mass is 10.1. The maximum atomic E-state index is 13.5. The van der Waals surface area contributed by atoms with Gasteiger partial charge in [0.2, 0.25) is 0 Å². The summed E-state index contributed by atoms with van der Waals surface area (Å²) in [5.41, 5.74) is 9.01. The van der Waals surface area contributed by atoms with Crippen molar-refractivity contribution in [1.82, 2.24) is 0 Å². The van der Waals surface area contributed by atoms with Crippen molar-refractivity contribution in [3.8, 4) is 0 Å². The molecule has 2 rings (SSSR count). The maximum Gasteiger partial charge on any atom is 0.125 e. The molecule has 0 bridgehead atoms. The summed E-state index contributed by atoms with van der Waals surface area (Å²) < 4.78 is 13.5. The van der Waals surface area contributed by atoms with Crippen LogP contribution in [0.2, 0.25) is 0 Å². The molecule has 2 aromatic rings. The quantitative estimate of drug-likeness (QED) is 0.622. The van der Waals surface area contributed by atoms with Crippen molar-refractivity contribution in [2.24, 2.45) is 5.73 Å². The predicted molar refractivity (Wildman–Crippen MR) is 93.1 cm³/mol. The van der Waals surface area contributed by atoms with Gasteiger partial charge in [0, 0.05) is 21.8 Å². The van der Waals surface area contributed by atoms with Crippen LogP contribution in [0.3, 0.4) is 0 Å². The minimum absolute atomic E-state index is 0.270. The van der Waals surface area contributed by atoms with Gasteiger partial charge in [-0.3, -0.25) is 0 Å². The third kappa shape index (κ3) is 3.95. The molecule has 2 aromatic carbocycles. The maximum absolute atomic E-state index is 13.5. The second-order valence-electron chi connectivity index (χ2n) is 4.62. The zero-order valence-corrected chi connectivity index (χ0v) is 13.6. The van der Waals surface area contributed by atoms with Crippen LogP contribution in [0, 0.1) is 12.7 Å². The number of thiocarbonyl (C=S) groups is 1. The van der Waals surface area contributed by atoms with Gasteiger partial charge in [-0.15, -0.1) is 11.8 Å². The van der Waals surface area contributed by atoms with E-state index in [1.54, 1.807) is 11.8 Å². The number of nitrogens with two attached hydrogens (primary N) is 1. The lowest BCUT2D eigenvalue weighted by molar-refractivity contribution is 0.627. The molecule has 0 radical (unpaired) electrons. The molecular formula is C16H17FN2S2. The van der Waals surface area contributed by atoms with Gasteiger partial charge in [-0.2, -0.15) is 0 Å². The van der Waals surface area contributed by atoms with Gasteiger partial charge in [-0.1, -0.05) is 25.2 Å². The molecule has 0 aromatic heterocycles. The fourth-order valence-corrected chi connectivity index (χ4v) is 3.26. The van der Waals surface area contributed by atoms with Crippen molar-refractivity contribution >= 4 is 40.3 Å². The molecule has 0 amide bonds. The fourth-order valence-electron chi connectivity index (χ4n) is 2.13. The third-order valence-electron chi connectivity index (χ3n) is 2.89. The Morgan fingerprint density at radius 1 is 1.33 bits per heavy atom. The molecule has 5 heteroatoms. The van der Waals surface area contributed by atoms with Gasteiger partial charge in [-0.25, -0.2) is 4.39 Å². The van der Waals surface area contributed by atoms with Crippen LogP contribution in [0.1, 0.15) is 18.1 Å². The number of hydrogen-bond acceptors (Lipinski definition) is 3. The van der Waals surface area contributed by atoms with Gasteiger partial charge in [0.05, 0.1) is 0 Å². The number of hydrogen-bond donors (Lipinski definition) is 2. The lowest BCUT2D eigenvalue weighted by Gasteiger charge is -2.15. The van der Waals surface area contributed by atoms with Crippen LogP contribution in [-0.2, 0) is 0 Å². The van der Waals surface area contributed by atoms with E-state index in [9.17, 15) is 4.39 Å². The number of benzene rings is 2. The number of thioether (sulfide) groups is 1. The minimum atomic E-state index is -0.270. The highest BCUT2D eigenvalue weighted by atomic mass is 32.2. The Labute approximate surface area is 133 Å². The van der Waals surface area contributed by atoms with Crippen molar-refractivity contribution in [3.63, 3.8) is 0 Å². The number of anilines is 2.